The average Bonchev–Trinajstić information content (AvgIpc) is 3.18. The fourth-order valence-corrected chi connectivity index (χ4v) is 3.41. The summed E-state index contributed by atoms with van der Waals surface area (Å²) < 4.78 is 28.4. The first kappa shape index (κ1) is 20.3. The number of amides is 1. The normalized spacial score (nSPS) is 12.5. The Morgan fingerprint density at radius 1 is 1.32 bits per heavy atom. The van der Waals surface area contributed by atoms with E-state index >= 15 is 0 Å². The molecular formula is C19H22F2N4O2S. The van der Waals surface area contributed by atoms with Crippen LogP contribution in [-0.4, -0.2) is 31.4 Å². The number of aryl methyl sites for hydroxylation is 2. The Morgan fingerprint density at radius 2 is 2.04 bits per heavy atom. The molecule has 0 aliphatic rings. The highest BCUT2D eigenvalue weighted by atomic mass is 32.1. The Balaban J connectivity index is 1.80. The summed E-state index contributed by atoms with van der Waals surface area (Å²) in [6, 6.07) is 3.64. The maximum Gasteiger partial charge on any atom is 0.287 e. The number of carbonyl (C=O) groups excluding carboxylic acids is 1. The Hall–Kier alpha value is -2.39. The third-order valence-corrected chi connectivity index (χ3v) is 5.09. The fourth-order valence-electron chi connectivity index (χ4n) is 2.62. The quantitative estimate of drug-likeness (QED) is 0.636. The van der Waals surface area contributed by atoms with E-state index in [9.17, 15) is 18.7 Å². The molecule has 9 heteroatoms. The zero-order valence-corrected chi connectivity index (χ0v) is 16.9. The van der Waals surface area contributed by atoms with Gasteiger partial charge >= 0.3 is 0 Å². The standard InChI is InChI=1S/C19H22F2N4O2S/c1-11-7-14-12(9-25(24-14)6-5-18(2,3)27)8-13(11)22-16(26)17-23-15(10-28-17)19(4,20)21/h7-10,27H,5-6H2,1-4H3,(H,22,26). The van der Waals surface area contributed by atoms with E-state index < -0.39 is 23.1 Å². The summed E-state index contributed by atoms with van der Waals surface area (Å²) in [5.74, 6) is -3.61. The van der Waals surface area contributed by atoms with E-state index in [1.807, 2.05) is 19.2 Å². The highest BCUT2D eigenvalue weighted by Crippen LogP contribution is 2.29. The lowest BCUT2D eigenvalue weighted by Crippen LogP contribution is -2.21. The molecule has 0 atom stereocenters. The second-order valence-electron chi connectivity index (χ2n) is 7.56. The van der Waals surface area contributed by atoms with E-state index in [2.05, 4.69) is 15.4 Å². The van der Waals surface area contributed by atoms with Crippen molar-refractivity contribution in [3.05, 3.63) is 40.0 Å². The van der Waals surface area contributed by atoms with Crippen LogP contribution in [0.2, 0.25) is 0 Å². The number of nitrogens with one attached hydrogen (secondary N) is 1. The molecule has 1 aromatic carbocycles. The summed E-state index contributed by atoms with van der Waals surface area (Å²) in [4.78, 5) is 16.1. The molecule has 3 aromatic rings. The third kappa shape index (κ3) is 4.71. The maximum atomic E-state index is 13.3. The van der Waals surface area contributed by atoms with Gasteiger partial charge in [0.05, 0.1) is 11.1 Å². The minimum absolute atomic E-state index is 0.0168. The predicted molar refractivity (Wildman–Crippen MR) is 105 cm³/mol. The van der Waals surface area contributed by atoms with Crippen molar-refractivity contribution in [3.8, 4) is 0 Å². The van der Waals surface area contributed by atoms with Crippen LogP contribution in [0.4, 0.5) is 14.5 Å². The summed E-state index contributed by atoms with van der Waals surface area (Å²) >= 11 is 0.883. The molecule has 2 heterocycles. The molecule has 0 radical (unpaired) electrons. The van der Waals surface area contributed by atoms with Gasteiger partial charge in [0, 0.05) is 36.1 Å². The summed E-state index contributed by atoms with van der Waals surface area (Å²) in [7, 11) is 0. The van der Waals surface area contributed by atoms with E-state index in [0.717, 1.165) is 34.7 Å². The lowest BCUT2D eigenvalue weighted by molar-refractivity contribution is 0.0133. The van der Waals surface area contributed by atoms with Crippen LogP contribution in [0.15, 0.2) is 23.7 Å². The zero-order chi connectivity index (χ0) is 20.7. The molecular weight excluding hydrogens is 386 g/mol. The van der Waals surface area contributed by atoms with Gasteiger partial charge in [0.25, 0.3) is 11.8 Å². The number of carbonyl (C=O) groups is 1. The number of hydrogen-bond donors (Lipinski definition) is 2. The number of thiazole rings is 1. The van der Waals surface area contributed by atoms with Crippen molar-refractivity contribution in [3.63, 3.8) is 0 Å². The van der Waals surface area contributed by atoms with Crippen LogP contribution < -0.4 is 5.32 Å². The smallest absolute Gasteiger partial charge is 0.287 e. The summed E-state index contributed by atoms with van der Waals surface area (Å²) in [6.45, 7) is 6.63. The van der Waals surface area contributed by atoms with Gasteiger partial charge in [-0.15, -0.1) is 11.3 Å². The highest BCUT2D eigenvalue weighted by Gasteiger charge is 2.28. The monoisotopic (exact) mass is 408 g/mol. The van der Waals surface area contributed by atoms with Gasteiger partial charge in [-0.25, -0.2) is 4.98 Å². The molecule has 0 bridgehead atoms. The molecule has 0 saturated carbocycles. The van der Waals surface area contributed by atoms with Gasteiger partial charge in [0.2, 0.25) is 0 Å². The predicted octanol–water partition coefficient (Wildman–Crippen LogP) is 4.33. The molecule has 2 aromatic heterocycles. The van der Waals surface area contributed by atoms with Gasteiger partial charge in [-0.05, 0) is 44.9 Å². The first-order valence-corrected chi connectivity index (χ1v) is 9.66. The van der Waals surface area contributed by atoms with Crippen molar-refractivity contribution < 1.29 is 18.7 Å². The number of aromatic nitrogens is 3. The number of aliphatic hydroxyl groups is 1. The van der Waals surface area contributed by atoms with Crippen molar-refractivity contribution in [2.75, 3.05) is 5.32 Å². The van der Waals surface area contributed by atoms with Crippen LogP contribution in [0.5, 0.6) is 0 Å². The maximum absolute atomic E-state index is 13.3. The number of alkyl halides is 2. The van der Waals surface area contributed by atoms with Gasteiger partial charge < -0.3 is 10.4 Å². The van der Waals surface area contributed by atoms with Crippen LogP contribution in [-0.2, 0) is 12.5 Å². The van der Waals surface area contributed by atoms with Gasteiger partial charge in [-0.3, -0.25) is 9.48 Å². The van der Waals surface area contributed by atoms with E-state index in [0.29, 0.717) is 18.7 Å². The average molecular weight is 408 g/mol. The molecule has 1 amide bonds. The Kier molecular flexibility index (Phi) is 5.24. The van der Waals surface area contributed by atoms with Crippen LogP contribution >= 0.6 is 11.3 Å². The second kappa shape index (κ2) is 7.21. The van der Waals surface area contributed by atoms with Crippen molar-refractivity contribution in [2.24, 2.45) is 0 Å². The Morgan fingerprint density at radius 3 is 2.64 bits per heavy atom. The van der Waals surface area contributed by atoms with E-state index in [1.165, 1.54) is 5.38 Å². The van der Waals surface area contributed by atoms with E-state index in [-0.39, 0.29) is 5.01 Å². The molecule has 0 spiro atoms. The van der Waals surface area contributed by atoms with Crippen LogP contribution in [0.1, 0.15) is 48.3 Å². The zero-order valence-electron chi connectivity index (χ0n) is 16.1. The summed E-state index contributed by atoms with van der Waals surface area (Å²) in [5, 5.41) is 19.1. The highest BCUT2D eigenvalue weighted by molar-refractivity contribution is 7.11. The number of hydrogen-bond acceptors (Lipinski definition) is 5. The number of rotatable bonds is 6. The lowest BCUT2D eigenvalue weighted by atomic mass is 10.1. The molecule has 0 unspecified atom stereocenters. The van der Waals surface area contributed by atoms with Gasteiger partial charge in [-0.2, -0.15) is 13.9 Å². The van der Waals surface area contributed by atoms with Gasteiger partial charge in [-0.1, -0.05) is 0 Å². The molecule has 0 aliphatic heterocycles. The molecule has 150 valence electrons. The molecule has 0 saturated heterocycles. The number of halogens is 2. The Bertz CT molecular complexity index is 1020. The lowest BCUT2D eigenvalue weighted by Gasteiger charge is -2.16. The molecule has 28 heavy (non-hydrogen) atoms. The van der Waals surface area contributed by atoms with Crippen molar-refractivity contribution in [2.45, 2.75) is 52.2 Å². The minimum Gasteiger partial charge on any atom is -0.390 e. The van der Waals surface area contributed by atoms with Crippen LogP contribution in [0.25, 0.3) is 10.9 Å². The minimum atomic E-state index is -3.08. The fraction of sp³-hybridized carbons (Fsp3) is 0.421. The molecule has 0 aliphatic carbocycles. The molecule has 0 fully saturated rings. The number of fused-ring (bicyclic) bond motifs is 1. The number of nitrogens with zero attached hydrogens (tertiary/aromatic N) is 3. The van der Waals surface area contributed by atoms with Crippen molar-refractivity contribution in [1.82, 2.24) is 14.8 Å². The first-order chi connectivity index (χ1) is 12.9. The second-order valence-corrected chi connectivity index (χ2v) is 8.42. The van der Waals surface area contributed by atoms with E-state index in [4.69, 9.17) is 0 Å². The van der Waals surface area contributed by atoms with E-state index in [1.54, 1.807) is 24.6 Å². The molecule has 6 nitrogen and oxygen atoms in total. The first-order valence-electron chi connectivity index (χ1n) is 8.78. The largest absolute Gasteiger partial charge is 0.390 e. The number of anilines is 1. The van der Waals surface area contributed by atoms with Crippen LogP contribution in [0, 0.1) is 6.92 Å². The summed E-state index contributed by atoms with van der Waals surface area (Å²) in [6.07, 6.45) is 2.40. The Labute approximate surface area is 165 Å². The molecule has 2 N–H and O–H groups in total. The summed E-state index contributed by atoms with van der Waals surface area (Å²) in [5.41, 5.74) is 0.941. The topological polar surface area (TPSA) is 80.0 Å². The van der Waals surface area contributed by atoms with Crippen molar-refractivity contribution >= 4 is 33.8 Å². The van der Waals surface area contributed by atoms with Gasteiger partial charge in [0.1, 0.15) is 5.69 Å². The SMILES string of the molecule is Cc1cc2nn(CCC(C)(C)O)cc2cc1NC(=O)c1nc(C(C)(F)F)cs1. The van der Waals surface area contributed by atoms with Crippen molar-refractivity contribution in [1.29, 1.82) is 0 Å². The van der Waals surface area contributed by atoms with Gasteiger partial charge in [0.15, 0.2) is 5.01 Å². The number of benzene rings is 1. The van der Waals surface area contributed by atoms with Crippen LogP contribution in [0.3, 0.4) is 0 Å². The molecule has 3 rings (SSSR count). The third-order valence-electron chi connectivity index (χ3n) is 4.25.